The zero-order valence-electron chi connectivity index (χ0n) is 10.7. The molecule has 0 aliphatic carbocycles. The van der Waals surface area contributed by atoms with Crippen molar-refractivity contribution in [2.45, 2.75) is 26.8 Å². The molecule has 6 heteroatoms. The van der Waals surface area contributed by atoms with Gasteiger partial charge >= 0.3 is 0 Å². The molecule has 0 fully saturated rings. The number of halogens is 3. The molecular formula is C13H13F3N2O. The Hall–Kier alpha value is -1.98. The van der Waals surface area contributed by atoms with Crippen molar-refractivity contribution in [1.29, 1.82) is 0 Å². The minimum Gasteiger partial charge on any atom is -0.504 e. The molecule has 102 valence electrons. The van der Waals surface area contributed by atoms with Crippen molar-refractivity contribution in [2.24, 2.45) is 0 Å². The van der Waals surface area contributed by atoms with Crippen LogP contribution >= 0.6 is 0 Å². The Bertz CT molecular complexity index is 635. The van der Waals surface area contributed by atoms with Gasteiger partial charge in [-0.05, 0) is 26.8 Å². The number of hydrogen-bond donors (Lipinski definition) is 1. The Morgan fingerprint density at radius 2 is 1.84 bits per heavy atom. The lowest BCUT2D eigenvalue weighted by molar-refractivity contribution is 0.461. The van der Waals surface area contributed by atoms with E-state index in [9.17, 15) is 18.3 Å². The smallest absolute Gasteiger partial charge is 0.168 e. The van der Waals surface area contributed by atoms with E-state index in [1.165, 1.54) is 4.68 Å². The van der Waals surface area contributed by atoms with Crippen molar-refractivity contribution >= 4 is 0 Å². The van der Waals surface area contributed by atoms with E-state index in [0.29, 0.717) is 11.8 Å². The normalized spacial score (nSPS) is 11.3. The van der Waals surface area contributed by atoms with E-state index in [-0.39, 0.29) is 17.5 Å². The van der Waals surface area contributed by atoms with Crippen molar-refractivity contribution in [3.05, 3.63) is 35.3 Å². The Morgan fingerprint density at radius 1 is 1.21 bits per heavy atom. The molecule has 0 amide bonds. The van der Waals surface area contributed by atoms with Gasteiger partial charge in [0.2, 0.25) is 0 Å². The van der Waals surface area contributed by atoms with Crippen LogP contribution in [0.25, 0.3) is 11.3 Å². The lowest BCUT2D eigenvalue weighted by Crippen LogP contribution is -2.04. The molecule has 1 N–H and O–H groups in total. The Balaban J connectivity index is 2.69. The molecule has 0 radical (unpaired) electrons. The maximum Gasteiger partial charge on any atom is 0.168 e. The number of benzene rings is 1. The van der Waals surface area contributed by atoms with Gasteiger partial charge in [0.1, 0.15) is 11.5 Å². The van der Waals surface area contributed by atoms with Crippen LogP contribution in [0.4, 0.5) is 13.2 Å². The van der Waals surface area contributed by atoms with Crippen LogP contribution in [-0.4, -0.2) is 14.9 Å². The minimum absolute atomic E-state index is 0.0684. The topological polar surface area (TPSA) is 38.1 Å². The largest absolute Gasteiger partial charge is 0.504 e. The summed E-state index contributed by atoms with van der Waals surface area (Å²) in [5.41, 5.74) is -0.145. The van der Waals surface area contributed by atoms with Crippen LogP contribution in [0.3, 0.4) is 0 Å². The molecule has 2 rings (SSSR count). The van der Waals surface area contributed by atoms with Crippen LogP contribution in [0.15, 0.2) is 12.1 Å². The van der Waals surface area contributed by atoms with Crippen molar-refractivity contribution in [2.75, 3.05) is 0 Å². The van der Waals surface area contributed by atoms with Crippen LogP contribution in [0.1, 0.15) is 25.6 Å². The lowest BCUT2D eigenvalue weighted by atomic mass is 10.1. The molecule has 0 bridgehead atoms. The fourth-order valence-electron chi connectivity index (χ4n) is 1.92. The molecule has 0 aliphatic rings. The fraction of sp³-hybridized carbons (Fsp3) is 0.308. The highest BCUT2D eigenvalue weighted by Gasteiger charge is 2.22. The Morgan fingerprint density at radius 3 is 2.37 bits per heavy atom. The first-order valence-corrected chi connectivity index (χ1v) is 5.76. The molecule has 1 heterocycles. The van der Waals surface area contributed by atoms with E-state index in [1.54, 1.807) is 6.92 Å². The van der Waals surface area contributed by atoms with E-state index in [4.69, 9.17) is 0 Å². The first-order chi connectivity index (χ1) is 8.82. The first kappa shape index (κ1) is 13.5. The average molecular weight is 270 g/mol. The zero-order chi connectivity index (χ0) is 14.3. The molecule has 0 unspecified atom stereocenters. The highest BCUT2D eigenvalue weighted by atomic mass is 19.2. The molecule has 19 heavy (non-hydrogen) atoms. The molecule has 0 aliphatic heterocycles. The lowest BCUT2D eigenvalue weighted by Gasteiger charge is -2.06. The predicted molar refractivity (Wildman–Crippen MR) is 64.3 cm³/mol. The summed E-state index contributed by atoms with van der Waals surface area (Å²) < 4.78 is 41.5. The highest BCUT2D eigenvalue weighted by molar-refractivity contribution is 5.67. The summed E-state index contributed by atoms with van der Waals surface area (Å²) in [5, 5.41) is 13.9. The third kappa shape index (κ3) is 2.18. The fourth-order valence-corrected chi connectivity index (χ4v) is 1.92. The van der Waals surface area contributed by atoms with E-state index in [1.807, 2.05) is 13.8 Å². The zero-order valence-corrected chi connectivity index (χ0v) is 10.7. The van der Waals surface area contributed by atoms with E-state index in [2.05, 4.69) is 5.10 Å². The van der Waals surface area contributed by atoms with E-state index in [0.717, 1.165) is 6.07 Å². The third-order valence-corrected chi connectivity index (χ3v) is 2.86. The van der Waals surface area contributed by atoms with Gasteiger partial charge in [0.25, 0.3) is 0 Å². The van der Waals surface area contributed by atoms with Crippen molar-refractivity contribution in [1.82, 2.24) is 9.78 Å². The molecule has 0 saturated carbocycles. The first-order valence-electron chi connectivity index (χ1n) is 5.76. The van der Waals surface area contributed by atoms with Gasteiger partial charge in [-0.25, -0.2) is 13.2 Å². The predicted octanol–water partition coefficient (Wildman–Crippen LogP) is 3.56. The van der Waals surface area contributed by atoms with Gasteiger partial charge in [-0.2, -0.15) is 5.10 Å². The summed E-state index contributed by atoms with van der Waals surface area (Å²) >= 11 is 0. The summed E-state index contributed by atoms with van der Waals surface area (Å²) in [5.74, 6) is -3.75. The van der Waals surface area contributed by atoms with Crippen molar-refractivity contribution in [3.8, 4) is 17.0 Å². The minimum atomic E-state index is -1.31. The van der Waals surface area contributed by atoms with Gasteiger partial charge in [-0.1, -0.05) is 0 Å². The monoisotopic (exact) mass is 270 g/mol. The summed E-state index contributed by atoms with van der Waals surface area (Å²) in [6, 6.07) is 1.19. The molecule has 0 saturated heterocycles. The Kier molecular flexibility index (Phi) is 3.26. The van der Waals surface area contributed by atoms with Crippen LogP contribution in [0, 0.1) is 24.4 Å². The van der Waals surface area contributed by atoms with E-state index < -0.39 is 23.0 Å². The highest BCUT2D eigenvalue weighted by Crippen LogP contribution is 2.35. The second-order valence-electron chi connectivity index (χ2n) is 4.57. The van der Waals surface area contributed by atoms with Gasteiger partial charge in [0, 0.05) is 17.7 Å². The molecule has 2 aromatic rings. The van der Waals surface area contributed by atoms with Crippen molar-refractivity contribution in [3.63, 3.8) is 0 Å². The maximum absolute atomic E-state index is 13.7. The second kappa shape index (κ2) is 4.60. The summed E-state index contributed by atoms with van der Waals surface area (Å²) in [4.78, 5) is 0. The Labute approximate surface area is 108 Å². The maximum atomic E-state index is 13.7. The second-order valence-corrected chi connectivity index (χ2v) is 4.57. The standard InChI is InChI=1S/C13H13F3N2O/c1-6(2)18-7(3)13(19)12(17-18)9-4-8(14)5-10(15)11(9)16/h4-6,19H,1-3H3. The van der Waals surface area contributed by atoms with E-state index >= 15 is 0 Å². The SMILES string of the molecule is Cc1c(O)c(-c2cc(F)cc(F)c2F)nn1C(C)C. The molecule has 0 spiro atoms. The van der Waals surface area contributed by atoms with Gasteiger partial charge in [0.15, 0.2) is 17.4 Å². The molecule has 1 aromatic carbocycles. The van der Waals surface area contributed by atoms with Gasteiger partial charge in [-0.15, -0.1) is 0 Å². The molecular weight excluding hydrogens is 257 g/mol. The van der Waals surface area contributed by atoms with Gasteiger partial charge in [0.05, 0.1) is 5.69 Å². The van der Waals surface area contributed by atoms with Crippen LogP contribution in [-0.2, 0) is 0 Å². The molecule has 3 nitrogen and oxygen atoms in total. The molecule has 1 aromatic heterocycles. The summed E-state index contributed by atoms with van der Waals surface area (Å²) in [6.45, 7) is 5.25. The van der Waals surface area contributed by atoms with Crippen LogP contribution < -0.4 is 0 Å². The molecule has 0 atom stereocenters. The summed E-state index contributed by atoms with van der Waals surface area (Å²) in [7, 11) is 0. The van der Waals surface area contributed by atoms with Crippen LogP contribution in [0.2, 0.25) is 0 Å². The van der Waals surface area contributed by atoms with Gasteiger partial charge < -0.3 is 5.11 Å². The summed E-state index contributed by atoms with van der Waals surface area (Å²) in [6.07, 6.45) is 0. The number of rotatable bonds is 2. The van der Waals surface area contributed by atoms with Crippen molar-refractivity contribution < 1.29 is 18.3 Å². The number of aromatic nitrogens is 2. The number of aromatic hydroxyl groups is 1. The average Bonchev–Trinajstić information content (AvgIpc) is 2.61. The third-order valence-electron chi connectivity index (χ3n) is 2.86. The van der Waals surface area contributed by atoms with Gasteiger partial charge in [-0.3, -0.25) is 4.68 Å². The number of nitrogens with zero attached hydrogens (tertiary/aromatic N) is 2. The number of hydrogen-bond acceptors (Lipinski definition) is 2. The van der Waals surface area contributed by atoms with Crippen LogP contribution in [0.5, 0.6) is 5.75 Å². The quantitative estimate of drug-likeness (QED) is 0.847.